The summed E-state index contributed by atoms with van der Waals surface area (Å²) >= 11 is 0. The van der Waals surface area contributed by atoms with Gasteiger partial charge in [0, 0.05) is 6.42 Å². The Bertz CT molecular complexity index is 824. The van der Waals surface area contributed by atoms with Crippen molar-refractivity contribution < 1.29 is 4.79 Å². The molecule has 0 aromatic heterocycles. The summed E-state index contributed by atoms with van der Waals surface area (Å²) in [6, 6.07) is 33.7. The van der Waals surface area contributed by atoms with E-state index < -0.39 is 7.26 Å². The normalized spacial score (nSPS) is 11.4. The van der Waals surface area contributed by atoms with Gasteiger partial charge >= 0.3 is 0 Å². The highest BCUT2D eigenvalue weighted by Crippen LogP contribution is 2.55. The average Bonchev–Trinajstić information content (AvgIpc) is 2.86. The Balaban J connectivity index is 1.60. The van der Waals surface area contributed by atoms with Gasteiger partial charge in [0.2, 0.25) is 0 Å². The number of rotatable bonds is 15. The van der Waals surface area contributed by atoms with Gasteiger partial charge in [-0.3, -0.25) is 0 Å². The van der Waals surface area contributed by atoms with Crippen LogP contribution in [-0.2, 0) is 4.79 Å². The van der Waals surface area contributed by atoms with E-state index in [4.69, 9.17) is 0 Å². The van der Waals surface area contributed by atoms with Crippen molar-refractivity contribution in [2.75, 3.05) is 6.16 Å². The molecule has 174 valence electrons. The van der Waals surface area contributed by atoms with E-state index in [9.17, 15) is 4.79 Å². The largest absolute Gasteiger partial charge is 0.300 e. The van der Waals surface area contributed by atoms with E-state index in [1.165, 1.54) is 73.4 Å². The molecule has 0 heterocycles. The maximum Gasteiger partial charge on any atom is 0.129 e. The predicted octanol–water partition coefficient (Wildman–Crippen LogP) is 7.47. The van der Waals surface area contributed by atoms with Crippen molar-refractivity contribution >= 4 is 29.0 Å². The highest BCUT2D eigenvalue weighted by atomic mass is 31.2. The quantitative estimate of drug-likeness (QED) is 0.170. The number of hydrogen-bond donors (Lipinski definition) is 0. The second-order valence-corrected chi connectivity index (χ2v) is 12.8. The topological polar surface area (TPSA) is 17.1 Å². The second kappa shape index (κ2) is 14.1. The molecule has 0 bridgehead atoms. The third-order valence-corrected chi connectivity index (χ3v) is 11.1. The van der Waals surface area contributed by atoms with Crippen LogP contribution in [0.3, 0.4) is 0 Å². The SMILES string of the molecule is CC(=O)CCCCCCCCCCC[P+](c1ccccc1)(c1ccccc1)c1ccccc1. The smallest absolute Gasteiger partial charge is 0.129 e. The lowest BCUT2D eigenvalue weighted by Gasteiger charge is -2.27. The van der Waals surface area contributed by atoms with Crippen molar-refractivity contribution in [3.63, 3.8) is 0 Å². The van der Waals surface area contributed by atoms with Crippen LogP contribution in [0.2, 0.25) is 0 Å². The second-order valence-electron chi connectivity index (χ2n) is 9.17. The molecule has 0 saturated carbocycles. The molecule has 0 saturated heterocycles. The van der Waals surface area contributed by atoms with Crippen molar-refractivity contribution in [2.45, 2.75) is 71.1 Å². The summed E-state index contributed by atoms with van der Waals surface area (Å²) < 4.78 is 0. The van der Waals surface area contributed by atoms with Crippen LogP contribution < -0.4 is 15.9 Å². The summed E-state index contributed by atoms with van der Waals surface area (Å²) in [5.74, 6) is 0.329. The molecule has 3 aromatic rings. The Hall–Kier alpha value is -2.24. The first kappa shape index (κ1) is 25.4. The Kier molecular flexibility index (Phi) is 10.9. The molecule has 33 heavy (non-hydrogen) atoms. The summed E-state index contributed by atoms with van der Waals surface area (Å²) in [5.41, 5.74) is 0. The highest BCUT2D eigenvalue weighted by molar-refractivity contribution is 7.95. The van der Waals surface area contributed by atoms with Crippen LogP contribution >= 0.6 is 7.26 Å². The maximum absolute atomic E-state index is 11.0. The number of benzene rings is 3. The van der Waals surface area contributed by atoms with Gasteiger partial charge < -0.3 is 4.79 Å². The Morgan fingerprint density at radius 3 is 1.21 bits per heavy atom. The first-order valence-electron chi connectivity index (χ1n) is 12.8. The third-order valence-electron chi connectivity index (χ3n) is 6.61. The maximum atomic E-state index is 11.0. The molecule has 3 rings (SSSR count). The minimum Gasteiger partial charge on any atom is -0.300 e. The molecule has 2 heteroatoms. The van der Waals surface area contributed by atoms with E-state index in [2.05, 4.69) is 91.0 Å². The van der Waals surface area contributed by atoms with Gasteiger partial charge in [-0.05, 0) is 62.6 Å². The molecule has 0 N–H and O–H groups in total. The van der Waals surface area contributed by atoms with Crippen molar-refractivity contribution in [1.29, 1.82) is 0 Å². The number of carbonyl (C=O) groups is 1. The standard InChI is InChI=1S/C31H40OP/c1-28(32)20-12-7-5-3-2-4-6-8-19-27-33(29-21-13-9-14-22-29,30-23-15-10-16-24-30)31-25-17-11-18-26-31/h9-11,13-18,21-26H,2-8,12,19-20,27H2,1H3/q+1. The Morgan fingerprint density at radius 1 is 0.515 bits per heavy atom. The molecule has 0 aliphatic heterocycles. The van der Waals surface area contributed by atoms with Gasteiger partial charge in [0.25, 0.3) is 0 Å². The van der Waals surface area contributed by atoms with Crippen molar-refractivity contribution in [2.24, 2.45) is 0 Å². The molecule has 0 unspecified atom stereocenters. The minimum absolute atomic E-state index is 0.329. The van der Waals surface area contributed by atoms with Crippen molar-refractivity contribution in [3.05, 3.63) is 91.0 Å². The molecular weight excluding hydrogens is 419 g/mol. The number of carbonyl (C=O) groups excluding carboxylic acids is 1. The van der Waals surface area contributed by atoms with E-state index in [-0.39, 0.29) is 0 Å². The van der Waals surface area contributed by atoms with Crippen molar-refractivity contribution in [3.8, 4) is 0 Å². The summed E-state index contributed by atoms with van der Waals surface area (Å²) in [7, 11) is -1.66. The van der Waals surface area contributed by atoms with Crippen LogP contribution in [0, 0.1) is 0 Å². The van der Waals surface area contributed by atoms with Gasteiger partial charge in [0.15, 0.2) is 0 Å². The molecule has 0 aliphatic rings. The predicted molar refractivity (Wildman–Crippen MR) is 147 cm³/mol. The van der Waals surface area contributed by atoms with Gasteiger partial charge in [-0.25, -0.2) is 0 Å². The lowest BCUT2D eigenvalue weighted by atomic mass is 10.1. The first-order valence-corrected chi connectivity index (χ1v) is 14.8. The molecular formula is C31H40OP+. The number of unbranched alkanes of at least 4 members (excludes halogenated alkanes) is 8. The van der Waals surface area contributed by atoms with Crippen LogP contribution in [0.4, 0.5) is 0 Å². The number of Topliss-reactive ketones (excluding diaryl/α,β-unsaturated/α-hetero) is 1. The molecule has 0 radical (unpaired) electrons. The van der Waals surface area contributed by atoms with Crippen LogP contribution in [-0.4, -0.2) is 11.9 Å². The van der Waals surface area contributed by atoms with Crippen LogP contribution in [0.1, 0.15) is 71.1 Å². The molecule has 0 atom stereocenters. The van der Waals surface area contributed by atoms with Crippen LogP contribution in [0.5, 0.6) is 0 Å². The highest BCUT2D eigenvalue weighted by Gasteiger charge is 2.44. The Labute approximate surface area is 202 Å². The van der Waals surface area contributed by atoms with E-state index in [1.807, 2.05) is 0 Å². The fraction of sp³-hybridized carbons (Fsp3) is 0.387. The van der Waals surface area contributed by atoms with Crippen molar-refractivity contribution in [1.82, 2.24) is 0 Å². The summed E-state index contributed by atoms with van der Waals surface area (Å²) in [6.07, 6.45) is 13.4. The molecule has 3 aromatic carbocycles. The van der Waals surface area contributed by atoms with E-state index in [0.29, 0.717) is 5.78 Å². The lowest BCUT2D eigenvalue weighted by molar-refractivity contribution is -0.117. The fourth-order valence-electron chi connectivity index (χ4n) is 4.84. The Morgan fingerprint density at radius 2 is 0.848 bits per heavy atom. The average molecular weight is 460 g/mol. The van der Waals surface area contributed by atoms with Gasteiger partial charge in [-0.1, -0.05) is 93.1 Å². The van der Waals surface area contributed by atoms with Gasteiger partial charge in [-0.15, -0.1) is 0 Å². The van der Waals surface area contributed by atoms with Gasteiger partial charge in [0.1, 0.15) is 29.0 Å². The zero-order valence-electron chi connectivity index (χ0n) is 20.3. The molecule has 0 aliphatic carbocycles. The zero-order valence-corrected chi connectivity index (χ0v) is 21.2. The first-order chi connectivity index (χ1) is 16.2. The molecule has 0 amide bonds. The van der Waals surface area contributed by atoms with Gasteiger partial charge in [0.05, 0.1) is 6.16 Å². The minimum atomic E-state index is -1.66. The lowest BCUT2D eigenvalue weighted by Crippen LogP contribution is -2.33. The zero-order chi connectivity index (χ0) is 23.2. The summed E-state index contributed by atoms with van der Waals surface area (Å²) in [5, 5.41) is 4.48. The molecule has 0 spiro atoms. The number of ketones is 1. The van der Waals surface area contributed by atoms with E-state index in [0.717, 1.165) is 12.8 Å². The monoisotopic (exact) mass is 459 g/mol. The van der Waals surface area contributed by atoms with Crippen LogP contribution in [0.15, 0.2) is 91.0 Å². The van der Waals surface area contributed by atoms with Crippen LogP contribution in [0.25, 0.3) is 0 Å². The van der Waals surface area contributed by atoms with Gasteiger partial charge in [-0.2, -0.15) is 0 Å². The molecule has 0 fully saturated rings. The third kappa shape index (κ3) is 7.65. The summed E-state index contributed by atoms with van der Waals surface area (Å²) in [6.45, 7) is 1.70. The fourth-order valence-corrected chi connectivity index (χ4v) is 9.25. The van der Waals surface area contributed by atoms with E-state index in [1.54, 1.807) is 6.92 Å². The van der Waals surface area contributed by atoms with E-state index >= 15 is 0 Å². The molecule has 1 nitrogen and oxygen atoms in total. The summed E-state index contributed by atoms with van der Waals surface area (Å²) in [4.78, 5) is 11.0. The number of hydrogen-bond acceptors (Lipinski definition) is 1.